The molecule has 8 nitrogen and oxygen atoms in total. The number of thioether (sulfide) groups is 1. The van der Waals surface area contributed by atoms with Crippen molar-refractivity contribution in [2.24, 2.45) is 7.05 Å². The van der Waals surface area contributed by atoms with Gasteiger partial charge in [-0.05, 0) is 50.1 Å². The van der Waals surface area contributed by atoms with Crippen LogP contribution in [0.5, 0.6) is 5.75 Å². The van der Waals surface area contributed by atoms with E-state index in [0.29, 0.717) is 45.8 Å². The summed E-state index contributed by atoms with van der Waals surface area (Å²) in [7, 11) is 3.27. The smallest absolute Gasteiger partial charge is 0.270 e. The van der Waals surface area contributed by atoms with Gasteiger partial charge in [0, 0.05) is 25.7 Å². The largest absolute Gasteiger partial charge is 0.497 e. The number of methoxy groups -OCH3 is 1. The number of anilines is 1. The van der Waals surface area contributed by atoms with Crippen molar-refractivity contribution in [3.63, 3.8) is 0 Å². The van der Waals surface area contributed by atoms with Crippen molar-refractivity contribution >= 4 is 46.1 Å². The number of nitriles is 1. The first-order valence-corrected chi connectivity index (χ1v) is 12.8. The normalized spacial score (nSPS) is 21.3. The summed E-state index contributed by atoms with van der Waals surface area (Å²) < 4.78 is 13.1. The minimum atomic E-state index is -0.360. The Morgan fingerprint density at radius 3 is 2.44 bits per heavy atom. The van der Waals surface area contributed by atoms with E-state index in [-0.39, 0.29) is 29.2 Å². The number of aromatic nitrogens is 1. The van der Waals surface area contributed by atoms with Crippen LogP contribution < -0.4 is 15.2 Å². The van der Waals surface area contributed by atoms with Crippen molar-refractivity contribution in [2.75, 3.05) is 25.1 Å². The maximum Gasteiger partial charge on any atom is 0.270 e. The van der Waals surface area contributed by atoms with Crippen LogP contribution in [0.2, 0.25) is 0 Å². The summed E-state index contributed by atoms with van der Waals surface area (Å²) in [5.41, 5.74) is 1.84. The number of rotatable bonds is 5. The number of hydrogen-bond donors (Lipinski definition) is 0. The molecular formula is C26H28N4O4S2. The lowest BCUT2D eigenvalue weighted by Gasteiger charge is -2.38. The van der Waals surface area contributed by atoms with E-state index in [1.54, 1.807) is 32.1 Å². The summed E-state index contributed by atoms with van der Waals surface area (Å²) in [5.74, 6) is 1.20. The molecular weight excluding hydrogens is 496 g/mol. The highest BCUT2D eigenvalue weighted by molar-refractivity contribution is 8.26. The molecule has 188 valence electrons. The summed E-state index contributed by atoms with van der Waals surface area (Å²) in [6.45, 7) is 7.24. The van der Waals surface area contributed by atoms with Crippen LogP contribution in [0, 0.1) is 18.3 Å². The lowest BCUT2D eigenvalue weighted by Crippen LogP contribution is -2.47. The van der Waals surface area contributed by atoms with Crippen LogP contribution in [0.3, 0.4) is 0 Å². The number of pyridine rings is 1. The van der Waals surface area contributed by atoms with Gasteiger partial charge in [0.05, 0.1) is 30.8 Å². The van der Waals surface area contributed by atoms with Crippen LogP contribution >= 0.6 is 24.0 Å². The van der Waals surface area contributed by atoms with Gasteiger partial charge >= 0.3 is 0 Å². The standard InChI is InChI=1S/C26H28N4O4S2/c1-15-12-29(13-16(2)34-15)23-20(17(3)21(11-27)24(31)28(23)4)10-22-25(32)30(26(35)36-22)14-18-6-8-19(33-5)9-7-18/h6-10,15-16H,12-14H2,1-5H3. The highest BCUT2D eigenvalue weighted by Gasteiger charge is 2.34. The van der Waals surface area contributed by atoms with Crippen LogP contribution in [0.25, 0.3) is 6.08 Å². The fraction of sp³-hybridized carbons (Fsp3) is 0.385. The first-order chi connectivity index (χ1) is 17.1. The third kappa shape index (κ3) is 4.91. The van der Waals surface area contributed by atoms with Gasteiger partial charge in [0.1, 0.15) is 27.5 Å². The van der Waals surface area contributed by atoms with Crippen LogP contribution in [-0.4, -0.2) is 52.1 Å². The van der Waals surface area contributed by atoms with E-state index in [4.69, 9.17) is 21.7 Å². The number of benzene rings is 1. The summed E-state index contributed by atoms with van der Waals surface area (Å²) in [4.78, 5) is 30.5. The van der Waals surface area contributed by atoms with Crippen LogP contribution in [0.4, 0.5) is 5.82 Å². The summed E-state index contributed by atoms with van der Waals surface area (Å²) >= 11 is 6.77. The predicted molar refractivity (Wildman–Crippen MR) is 145 cm³/mol. The van der Waals surface area contributed by atoms with E-state index < -0.39 is 0 Å². The Morgan fingerprint density at radius 1 is 1.22 bits per heavy atom. The van der Waals surface area contributed by atoms with Gasteiger partial charge in [-0.25, -0.2) is 0 Å². The molecule has 36 heavy (non-hydrogen) atoms. The van der Waals surface area contributed by atoms with Gasteiger partial charge < -0.3 is 14.4 Å². The first-order valence-electron chi connectivity index (χ1n) is 11.6. The average molecular weight is 525 g/mol. The van der Waals surface area contributed by atoms with E-state index in [0.717, 1.165) is 11.3 Å². The highest BCUT2D eigenvalue weighted by atomic mass is 32.2. The Balaban J connectivity index is 1.75. The molecule has 2 atom stereocenters. The summed E-state index contributed by atoms with van der Waals surface area (Å²) in [6, 6.07) is 9.53. The van der Waals surface area contributed by atoms with Gasteiger partial charge in [0.25, 0.3) is 11.5 Å². The molecule has 0 aliphatic carbocycles. The molecule has 0 spiro atoms. The molecule has 0 N–H and O–H groups in total. The number of morpholine rings is 1. The molecule has 4 rings (SSSR count). The third-order valence-electron chi connectivity index (χ3n) is 6.34. The highest BCUT2D eigenvalue weighted by Crippen LogP contribution is 2.37. The molecule has 1 aromatic heterocycles. The Labute approximate surface area is 220 Å². The zero-order valence-electron chi connectivity index (χ0n) is 20.9. The van der Waals surface area contributed by atoms with Gasteiger partial charge in [-0.3, -0.25) is 19.1 Å². The van der Waals surface area contributed by atoms with Crippen LogP contribution in [0.1, 0.15) is 36.1 Å². The predicted octanol–water partition coefficient (Wildman–Crippen LogP) is 3.59. The second kappa shape index (κ2) is 10.5. The Hall–Kier alpha value is -3.13. The molecule has 1 amide bonds. The SMILES string of the molecule is COc1ccc(CN2C(=O)C(=Cc3c(C)c(C#N)c(=O)n(C)c3N3CC(C)OC(C)C3)SC2=S)cc1. The van der Waals surface area contributed by atoms with E-state index in [1.165, 1.54) is 16.3 Å². The zero-order chi connectivity index (χ0) is 26.1. The van der Waals surface area contributed by atoms with Crippen molar-refractivity contribution in [3.05, 3.63) is 61.8 Å². The topological polar surface area (TPSA) is 87.8 Å². The number of thiocarbonyl (C=S) groups is 1. The average Bonchev–Trinajstić information content (AvgIpc) is 3.10. The number of carbonyl (C=O) groups is 1. The molecule has 2 aliphatic rings. The number of ether oxygens (including phenoxy) is 2. The molecule has 0 saturated carbocycles. The maximum atomic E-state index is 13.4. The zero-order valence-corrected chi connectivity index (χ0v) is 22.5. The summed E-state index contributed by atoms with van der Waals surface area (Å²) in [5, 5.41) is 9.70. The van der Waals surface area contributed by atoms with Gasteiger partial charge in [-0.15, -0.1) is 0 Å². The van der Waals surface area contributed by atoms with Crippen molar-refractivity contribution in [2.45, 2.75) is 39.5 Å². The van der Waals surface area contributed by atoms with E-state index in [9.17, 15) is 14.9 Å². The van der Waals surface area contributed by atoms with Crippen LogP contribution in [-0.2, 0) is 23.1 Å². The number of carbonyl (C=O) groups excluding carboxylic acids is 1. The molecule has 2 aromatic rings. The van der Waals surface area contributed by atoms with Crippen LogP contribution in [0.15, 0.2) is 34.0 Å². The van der Waals surface area contributed by atoms with Gasteiger partial charge in [-0.2, -0.15) is 5.26 Å². The molecule has 2 aliphatic heterocycles. The molecule has 1 aromatic carbocycles. The molecule has 0 bridgehead atoms. The van der Waals surface area contributed by atoms with Crippen molar-refractivity contribution in [3.8, 4) is 11.8 Å². The molecule has 2 unspecified atom stereocenters. The van der Waals surface area contributed by atoms with E-state index in [2.05, 4.69) is 4.90 Å². The van der Waals surface area contributed by atoms with Gasteiger partial charge in [0.2, 0.25) is 0 Å². The number of hydrogen-bond acceptors (Lipinski definition) is 8. The second-order valence-electron chi connectivity index (χ2n) is 8.99. The Bertz CT molecular complexity index is 1330. The van der Waals surface area contributed by atoms with Gasteiger partial charge in [0.15, 0.2) is 0 Å². The number of nitrogens with zero attached hydrogens (tertiary/aromatic N) is 4. The number of amides is 1. The quantitative estimate of drug-likeness (QED) is 0.433. The van der Waals surface area contributed by atoms with Crippen molar-refractivity contribution in [1.29, 1.82) is 5.26 Å². The Kier molecular flexibility index (Phi) is 7.54. The third-order valence-corrected chi connectivity index (χ3v) is 7.71. The van der Waals surface area contributed by atoms with Crippen molar-refractivity contribution < 1.29 is 14.3 Å². The molecule has 0 radical (unpaired) electrons. The van der Waals surface area contributed by atoms with E-state index >= 15 is 0 Å². The van der Waals surface area contributed by atoms with Gasteiger partial charge in [-0.1, -0.05) is 36.1 Å². The minimum absolute atomic E-state index is 0.0321. The van der Waals surface area contributed by atoms with E-state index in [1.807, 2.05) is 44.2 Å². The molecule has 3 heterocycles. The fourth-order valence-electron chi connectivity index (χ4n) is 4.63. The Morgan fingerprint density at radius 2 is 1.86 bits per heavy atom. The molecule has 10 heteroatoms. The first kappa shape index (κ1) is 25.9. The lowest BCUT2D eigenvalue weighted by atomic mass is 10.0. The second-order valence-corrected chi connectivity index (χ2v) is 10.7. The maximum absolute atomic E-state index is 13.4. The summed E-state index contributed by atoms with van der Waals surface area (Å²) in [6.07, 6.45) is 1.70. The molecule has 2 fully saturated rings. The minimum Gasteiger partial charge on any atom is -0.497 e. The fourth-order valence-corrected chi connectivity index (χ4v) is 5.86. The lowest BCUT2D eigenvalue weighted by molar-refractivity contribution is -0.122. The monoisotopic (exact) mass is 524 g/mol. The molecule has 2 saturated heterocycles. The van der Waals surface area contributed by atoms with Crippen molar-refractivity contribution in [1.82, 2.24) is 9.47 Å².